The third-order valence-electron chi connectivity index (χ3n) is 6.37. The van der Waals surface area contributed by atoms with Crippen molar-refractivity contribution >= 4 is 27.8 Å². The van der Waals surface area contributed by atoms with Crippen LogP contribution in [-0.4, -0.2) is 45.8 Å². The van der Waals surface area contributed by atoms with Crippen molar-refractivity contribution < 1.29 is 4.74 Å². The van der Waals surface area contributed by atoms with Gasteiger partial charge >= 0.3 is 0 Å². The Morgan fingerprint density at radius 1 is 1.00 bits per heavy atom. The summed E-state index contributed by atoms with van der Waals surface area (Å²) in [4.78, 5) is 14.4. The maximum absolute atomic E-state index is 5.52. The van der Waals surface area contributed by atoms with E-state index in [1.54, 1.807) is 13.3 Å². The number of anilines is 1. The molecule has 1 aliphatic rings. The Morgan fingerprint density at radius 2 is 1.91 bits per heavy atom. The van der Waals surface area contributed by atoms with Crippen LogP contribution in [0.3, 0.4) is 0 Å². The fourth-order valence-corrected chi connectivity index (χ4v) is 4.64. The summed E-state index contributed by atoms with van der Waals surface area (Å²) in [5.74, 6) is 3.00. The molecule has 0 bridgehead atoms. The van der Waals surface area contributed by atoms with E-state index < -0.39 is 0 Å². The summed E-state index contributed by atoms with van der Waals surface area (Å²) in [6, 6.07) is 23.0. The highest BCUT2D eigenvalue weighted by molar-refractivity contribution is 5.89. The zero-order valence-electron chi connectivity index (χ0n) is 19.0. The van der Waals surface area contributed by atoms with Gasteiger partial charge in [-0.25, -0.2) is 9.97 Å². The summed E-state index contributed by atoms with van der Waals surface area (Å²) in [7, 11) is 1.68. The minimum atomic E-state index is 0.323. The number of hydrogen-bond acceptors (Lipinski definition) is 6. The fourth-order valence-electron chi connectivity index (χ4n) is 4.64. The molecule has 0 spiro atoms. The van der Waals surface area contributed by atoms with Gasteiger partial charge in [-0.15, -0.1) is 0 Å². The van der Waals surface area contributed by atoms with E-state index in [1.807, 2.05) is 24.3 Å². The van der Waals surface area contributed by atoms with E-state index in [4.69, 9.17) is 14.7 Å². The van der Waals surface area contributed by atoms with Gasteiger partial charge in [0.15, 0.2) is 0 Å². The minimum Gasteiger partial charge on any atom is -0.497 e. The molecule has 5 aromatic rings. The quantitative estimate of drug-likeness (QED) is 0.400. The Kier molecular flexibility index (Phi) is 5.31. The number of methoxy groups -OCH3 is 1. The molecule has 34 heavy (non-hydrogen) atoms. The monoisotopic (exact) mass is 450 g/mol. The maximum atomic E-state index is 5.52. The molecule has 1 aliphatic heterocycles. The van der Waals surface area contributed by atoms with Crippen molar-refractivity contribution in [3.8, 4) is 23.0 Å². The summed E-state index contributed by atoms with van der Waals surface area (Å²) in [5, 5.41) is 9.30. The molecule has 0 aliphatic carbocycles. The number of aromatic nitrogens is 4. The summed E-state index contributed by atoms with van der Waals surface area (Å²) < 4.78 is 7.61. The van der Waals surface area contributed by atoms with Crippen molar-refractivity contribution in [3.63, 3.8) is 0 Å². The SMILES string of the molecule is COc1ccc2nc(-c3ccc4ccccc4c3)n(-c3ccnc(NC4CCCNC4)n3)c2c1. The van der Waals surface area contributed by atoms with Crippen LogP contribution in [0.5, 0.6) is 5.75 Å². The van der Waals surface area contributed by atoms with Crippen molar-refractivity contribution in [2.24, 2.45) is 0 Å². The number of piperidine rings is 1. The van der Waals surface area contributed by atoms with Gasteiger partial charge in [0.05, 0.1) is 18.1 Å². The summed E-state index contributed by atoms with van der Waals surface area (Å²) in [5.41, 5.74) is 2.85. The molecule has 2 N–H and O–H groups in total. The van der Waals surface area contributed by atoms with Crippen molar-refractivity contribution in [2.45, 2.75) is 18.9 Å². The first-order valence-corrected chi connectivity index (χ1v) is 11.6. The molecule has 1 atom stereocenters. The Labute approximate surface area is 197 Å². The van der Waals surface area contributed by atoms with Crippen molar-refractivity contribution in [2.75, 3.05) is 25.5 Å². The average Bonchev–Trinajstić information content (AvgIpc) is 3.28. The van der Waals surface area contributed by atoms with Crippen LogP contribution < -0.4 is 15.4 Å². The van der Waals surface area contributed by atoms with Crippen molar-refractivity contribution in [1.82, 2.24) is 24.8 Å². The molecule has 7 heteroatoms. The van der Waals surface area contributed by atoms with E-state index in [-0.39, 0.29) is 0 Å². The van der Waals surface area contributed by atoms with Crippen LogP contribution >= 0.6 is 0 Å². The molecule has 6 rings (SSSR count). The number of fused-ring (bicyclic) bond motifs is 2. The Balaban J connectivity index is 1.50. The molecule has 2 aromatic heterocycles. The number of imidazole rings is 1. The molecule has 170 valence electrons. The number of hydrogen-bond donors (Lipinski definition) is 2. The molecule has 1 saturated heterocycles. The first-order valence-electron chi connectivity index (χ1n) is 11.6. The molecule has 1 unspecified atom stereocenters. The predicted molar refractivity (Wildman–Crippen MR) is 136 cm³/mol. The van der Waals surface area contributed by atoms with Crippen LogP contribution in [0.25, 0.3) is 39.0 Å². The molecule has 7 nitrogen and oxygen atoms in total. The number of ether oxygens (including phenoxy) is 1. The van der Waals surface area contributed by atoms with E-state index in [2.05, 4.69) is 62.6 Å². The lowest BCUT2D eigenvalue weighted by Gasteiger charge is -2.23. The highest BCUT2D eigenvalue weighted by Gasteiger charge is 2.18. The average molecular weight is 451 g/mol. The lowest BCUT2D eigenvalue weighted by molar-refractivity contribution is 0.415. The van der Waals surface area contributed by atoms with Crippen LogP contribution in [0, 0.1) is 0 Å². The van der Waals surface area contributed by atoms with Crippen molar-refractivity contribution in [1.29, 1.82) is 0 Å². The smallest absolute Gasteiger partial charge is 0.224 e. The minimum absolute atomic E-state index is 0.323. The van der Waals surface area contributed by atoms with Crippen LogP contribution in [0.2, 0.25) is 0 Å². The van der Waals surface area contributed by atoms with Crippen LogP contribution in [0.1, 0.15) is 12.8 Å². The third-order valence-corrected chi connectivity index (χ3v) is 6.37. The second-order valence-electron chi connectivity index (χ2n) is 8.61. The zero-order chi connectivity index (χ0) is 22.9. The highest BCUT2D eigenvalue weighted by atomic mass is 16.5. The third kappa shape index (κ3) is 3.84. The number of nitrogens with zero attached hydrogens (tertiary/aromatic N) is 4. The Morgan fingerprint density at radius 3 is 2.76 bits per heavy atom. The van der Waals surface area contributed by atoms with Gasteiger partial charge in [-0.1, -0.05) is 36.4 Å². The Bertz CT molecular complexity index is 1470. The molecule has 0 amide bonds. The van der Waals surface area contributed by atoms with Crippen LogP contribution in [-0.2, 0) is 0 Å². The fraction of sp³-hybridized carbons (Fsp3) is 0.222. The van der Waals surface area contributed by atoms with Crippen LogP contribution in [0.15, 0.2) is 72.9 Å². The first kappa shape index (κ1) is 20.6. The van der Waals surface area contributed by atoms with Gasteiger partial charge in [0.2, 0.25) is 5.95 Å². The lowest BCUT2D eigenvalue weighted by atomic mass is 10.1. The maximum Gasteiger partial charge on any atom is 0.224 e. The lowest BCUT2D eigenvalue weighted by Crippen LogP contribution is -2.38. The second kappa shape index (κ2) is 8.76. The van der Waals surface area contributed by atoms with E-state index >= 15 is 0 Å². The van der Waals surface area contributed by atoms with E-state index in [0.29, 0.717) is 12.0 Å². The van der Waals surface area contributed by atoms with Gasteiger partial charge in [0.1, 0.15) is 17.4 Å². The number of rotatable bonds is 5. The normalized spacial score (nSPS) is 16.1. The van der Waals surface area contributed by atoms with E-state index in [9.17, 15) is 0 Å². The standard InChI is InChI=1S/C27H26N6O/c1-34-22-10-11-23-24(16-22)33(25-12-14-29-27(32-25)30-21-7-4-13-28-17-21)26(31-23)20-9-8-18-5-2-3-6-19(18)15-20/h2-3,5-6,8-12,14-16,21,28H,4,7,13,17H2,1H3,(H,29,30,32). The molecule has 3 heterocycles. The van der Waals surface area contributed by atoms with Gasteiger partial charge < -0.3 is 15.4 Å². The van der Waals surface area contributed by atoms with Gasteiger partial charge in [0.25, 0.3) is 0 Å². The Hall–Kier alpha value is -3.97. The second-order valence-corrected chi connectivity index (χ2v) is 8.61. The first-order chi connectivity index (χ1) is 16.8. The van der Waals surface area contributed by atoms with E-state index in [1.165, 1.54) is 10.8 Å². The summed E-state index contributed by atoms with van der Waals surface area (Å²) >= 11 is 0. The number of benzene rings is 3. The predicted octanol–water partition coefficient (Wildman–Crippen LogP) is 4.81. The molecular weight excluding hydrogens is 424 g/mol. The molecule has 1 fully saturated rings. The van der Waals surface area contributed by atoms with Crippen LogP contribution in [0.4, 0.5) is 5.95 Å². The van der Waals surface area contributed by atoms with Gasteiger partial charge in [0, 0.05) is 30.4 Å². The highest BCUT2D eigenvalue weighted by Crippen LogP contribution is 2.32. The van der Waals surface area contributed by atoms with Crippen molar-refractivity contribution in [3.05, 3.63) is 72.9 Å². The largest absolute Gasteiger partial charge is 0.497 e. The summed E-state index contributed by atoms with van der Waals surface area (Å²) in [6.45, 7) is 1.98. The molecule has 3 aromatic carbocycles. The molecule has 0 saturated carbocycles. The molecule has 0 radical (unpaired) electrons. The van der Waals surface area contributed by atoms with Gasteiger partial charge in [-0.05, 0) is 54.4 Å². The van der Waals surface area contributed by atoms with E-state index in [0.717, 1.165) is 59.9 Å². The zero-order valence-corrected chi connectivity index (χ0v) is 19.0. The number of nitrogens with one attached hydrogen (secondary N) is 2. The van der Waals surface area contributed by atoms with Gasteiger partial charge in [-0.3, -0.25) is 4.57 Å². The topological polar surface area (TPSA) is 76.9 Å². The van der Waals surface area contributed by atoms with Gasteiger partial charge in [-0.2, -0.15) is 4.98 Å². The molecular formula is C27H26N6O. The summed E-state index contributed by atoms with van der Waals surface area (Å²) in [6.07, 6.45) is 4.06.